The largest absolute Gasteiger partial charge is 0.309 e. The van der Waals surface area contributed by atoms with E-state index in [9.17, 15) is 0 Å². The second kappa shape index (κ2) is 6.59. The van der Waals surface area contributed by atoms with Gasteiger partial charge in [-0.15, -0.1) is 0 Å². The Balaban J connectivity index is 2.49. The van der Waals surface area contributed by atoms with Crippen molar-refractivity contribution >= 4 is 55.1 Å². The highest BCUT2D eigenvalue weighted by molar-refractivity contribution is 9.11. The van der Waals surface area contributed by atoms with E-state index in [1.807, 2.05) is 25.2 Å². The van der Waals surface area contributed by atoms with Gasteiger partial charge in [0.05, 0.1) is 6.04 Å². The molecule has 0 spiro atoms. The summed E-state index contributed by atoms with van der Waals surface area (Å²) in [6.45, 7) is 0. The normalized spacial score (nSPS) is 12.5. The molecular weight excluding hydrogens is 413 g/mol. The van der Waals surface area contributed by atoms with Crippen molar-refractivity contribution in [2.45, 2.75) is 6.04 Å². The lowest BCUT2D eigenvalue weighted by Gasteiger charge is -2.19. The van der Waals surface area contributed by atoms with E-state index in [0.717, 1.165) is 20.1 Å². The standard InChI is InChI=1S/C14H11Br2Cl2N/c1-19-14(8-4-9(15)6-10(16)5-8)12-3-2-11(17)7-13(12)18/h2-7,14,19H,1H3. The molecule has 0 aliphatic heterocycles. The molecule has 0 bridgehead atoms. The molecular formula is C14H11Br2Cl2N. The predicted octanol–water partition coefficient (Wildman–Crippen LogP) is 5.83. The second-order valence-corrected chi connectivity index (χ2v) is 6.77. The zero-order valence-electron chi connectivity index (χ0n) is 10.1. The fourth-order valence-electron chi connectivity index (χ4n) is 1.98. The van der Waals surface area contributed by atoms with Crippen LogP contribution in [0.1, 0.15) is 17.2 Å². The van der Waals surface area contributed by atoms with E-state index in [1.165, 1.54) is 0 Å². The predicted molar refractivity (Wildman–Crippen MR) is 89.2 cm³/mol. The van der Waals surface area contributed by atoms with E-state index < -0.39 is 0 Å². The molecule has 0 heterocycles. The van der Waals surface area contributed by atoms with Crippen LogP contribution in [-0.4, -0.2) is 7.05 Å². The number of hydrogen-bond donors (Lipinski definition) is 1. The molecule has 0 aliphatic rings. The lowest BCUT2D eigenvalue weighted by Crippen LogP contribution is -2.18. The van der Waals surface area contributed by atoms with Crippen molar-refractivity contribution in [3.63, 3.8) is 0 Å². The van der Waals surface area contributed by atoms with E-state index in [-0.39, 0.29) is 6.04 Å². The first-order valence-corrected chi connectivity index (χ1v) is 7.93. The van der Waals surface area contributed by atoms with Crippen LogP contribution in [0.5, 0.6) is 0 Å². The Morgan fingerprint density at radius 1 is 1.00 bits per heavy atom. The van der Waals surface area contributed by atoms with Gasteiger partial charge in [0.1, 0.15) is 0 Å². The highest BCUT2D eigenvalue weighted by atomic mass is 79.9. The van der Waals surface area contributed by atoms with Crippen LogP contribution in [0.4, 0.5) is 0 Å². The van der Waals surface area contributed by atoms with Gasteiger partial charge in [0.2, 0.25) is 0 Å². The molecule has 0 saturated heterocycles. The molecule has 2 aromatic rings. The lowest BCUT2D eigenvalue weighted by atomic mass is 9.99. The zero-order valence-corrected chi connectivity index (χ0v) is 14.7. The van der Waals surface area contributed by atoms with Crippen LogP contribution in [0.25, 0.3) is 0 Å². The molecule has 0 amide bonds. The molecule has 0 saturated carbocycles. The summed E-state index contributed by atoms with van der Waals surface area (Å²) in [6.07, 6.45) is 0. The summed E-state index contributed by atoms with van der Waals surface area (Å²) in [5.41, 5.74) is 2.12. The van der Waals surface area contributed by atoms with Gasteiger partial charge in [-0.05, 0) is 48.5 Å². The number of nitrogens with one attached hydrogen (secondary N) is 1. The monoisotopic (exact) mass is 421 g/mol. The molecule has 1 unspecified atom stereocenters. The molecule has 0 aliphatic carbocycles. The van der Waals surface area contributed by atoms with Crippen LogP contribution in [0.15, 0.2) is 45.3 Å². The molecule has 1 nitrogen and oxygen atoms in total. The van der Waals surface area contributed by atoms with Crippen LogP contribution < -0.4 is 5.32 Å². The minimum absolute atomic E-state index is 0.0126. The molecule has 0 aromatic heterocycles. The lowest BCUT2D eigenvalue weighted by molar-refractivity contribution is 0.691. The van der Waals surface area contributed by atoms with Crippen LogP contribution in [0.2, 0.25) is 10.0 Å². The van der Waals surface area contributed by atoms with Gasteiger partial charge in [-0.3, -0.25) is 0 Å². The van der Waals surface area contributed by atoms with Gasteiger partial charge in [-0.25, -0.2) is 0 Å². The first-order valence-electron chi connectivity index (χ1n) is 5.59. The van der Waals surface area contributed by atoms with Gasteiger partial charge in [0, 0.05) is 19.0 Å². The summed E-state index contributed by atoms with van der Waals surface area (Å²) in [5, 5.41) is 4.57. The molecule has 1 N–H and O–H groups in total. The molecule has 5 heteroatoms. The van der Waals surface area contributed by atoms with Crippen molar-refractivity contribution in [3.8, 4) is 0 Å². The first-order chi connectivity index (χ1) is 9.01. The Kier molecular flexibility index (Phi) is 5.32. The minimum Gasteiger partial charge on any atom is -0.309 e. The molecule has 2 rings (SSSR count). The molecule has 0 radical (unpaired) electrons. The van der Waals surface area contributed by atoms with Crippen molar-refractivity contribution < 1.29 is 0 Å². The highest BCUT2D eigenvalue weighted by Crippen LogP contribution is 2.32. The number of hydrogen-bond acceptors (Lipinski definition) is 1. The first kappa shape index (κ1) is 15.3. The summed E-state index contributed by atoms with van der Waals surface area (Å²) >= 11 is 19.2. The highest BCUT2D eigenvalue weighted by Gasteiger charge is 2.16. The minimum atomic E-state index is 0.0126. The van der Waals surface area contributed by atoms with E-state index >= 15 is 0 Å². The quantitative estimate of drug-likeness (QED) is 0.655. The third-order valence-corrected chi connectivity index (χ3v) is 4.26. The average Bonchev–Trinajstić information content (AvgIpc) is 2.31. The van der Waals surface area contributed by atoms with Crippen molar-refractivity contribution in [2.75, 3.05) is 7.05 Å². The zero-order chi connectivity index (χ0) is 14.0. The fraction of sp³-hybridized carbons (Fsp3) is 0.143. The van der Waals surface area contributed by atoms with Crippen LogP contribution in [-0.2, 0) is 0 Å². The van der Waals surface area contributed by atoms with E-state index in [4.69, 9.17) is 23.2 Å². The van der Waals surface area contributed by atoms with E-state index in [2.05, 4.69) is 49.3 Å². The SMILES string of the molecule is CNC(c1cc(Br)cc(Br)c1)c1ccc(Cl)cc1Cl. The third-order valence-electron chi connectivity index (χ3n) is 2.78. The smallest absolute Gasteiger partial charge is 0.0589 e. The van der Waals surface area contributed by atoms with Crippen molar-refractivity contribution in [3.05, 3.63) is 66.5 Å². The Bertz CT molecular complexity index is 582. The molecule has 19 heavy (non-hydrogen) atoms. The van der Waals surface area contributed by atoms with Crippen LogP contribution >= 0.6 is 55.1 Å². The Morgan fingerprint density at radius 2 is 1.63 bits per heavy atom. The van der Waals surface area contributed by atoms with Gasteiger partial charge in [0.25, 0.3) is 0 Å². The molecule has 1 atom stereocenters. The number of benzene rings is 2. The van der Waals surface area contributed by atoms with Gasteiger partial charge >= 0.3 is 0 Å². The van der Waals surface area contributed by atoms with Gasteiger partial charge < -0.3 is 5.32 Å². The van der Waals surface area contributed by atoms with Crippen LogP contribution in [0, 0.1) is 0 Å². The Labute approximate surface area is 139 Å². The van der Waals surface area contributed by atoms with Crippen LogP contribution in [0.3, 0.4) is 0 Å². The third kappa shape index (κ3) is 3.73. The molecule has 100 valence electrons. The molecule has 0 fully saturated rings. The van der Waals surface area contributed by atoms with Crippen molar-refractivity contribution in [1.29, 1.82) is 0 Å². The summed E-state index contributed by atoms with van der Waals surface area (Å²) in [4.78, 5) is 0. The number of halogens is 4. The van der Waals surface area contributed by atoms with Crippen molar-refractivity contribution in [2.24, 2.45) is 0 Å². The topological polar surface area (TPSA) is 12.0 Å². The van der Waals surface area contributed by atoms with E-state index in [0.29, 0.717) is 10.0 Å². The maximum absolute atomic E-state index is 6.28. The average molecular weight is 424 g/mol. The summed E-state index contributed by atoms with van der Waals surface area (Å²) in [7, 11) is 1.91. The summed E-state index contributed by atoms with van der Waals surface area (Å²) < 4.78 is 2.03. The maximum Gasteiger partial charge on any atom is 0.0589 e. The van der Waals surface area contributed by atoms with Gasteiger partial charge in [0.15, 0.2) is 0 Å². The Morgan fingerprint density at radius 3 is 2.16 bits per heavy atom. The second-order valence-electron chi connectivity index (χ2n) is 4.09. The summed E-state index contributed by atoms with van der Waals surface area (Å²) in [6, 6.07) is 11.7. The Hall–Kier alpha value is -0.0600. The number of rotatable bonds is 3. The fourth-order valence-corrected chi connectivity index (χ4v) is 3.83. The van der Waals surface area contributed by atoms with E-state index in [1.54, 1.807) is 6.07 Å². The maximum atomic E-state index is 6.28. The summed E-state index contributed by atoms with van der Waals surface area (Å²) in [5.74, 6) is 0. The van der Waals surface area contributed by atoms with Crippen molar-refractivity contribution in [1.82, 2.24) is 5.32 Å². The molecule has 2 aromatic carbocycles. The van der Waals surface area contributed by atoms with Gasteiger partial charge in [-0.2, -0.15) is 0 Å². The van der Waals surface area contributed by atoms with Gasteiger partial charge in [-0.1, -0.05) is 61.1 Å².